The highest BCUT2D eigenvalue weighted by molar-refractivity contribution is 5.56. The van der Waals surface area contributed by atoms with E-state index in [1.165, 1.54) is 0 Å². The van der Waals surface area contributed by atoms with Gasteiger partial charge in [0.15, 0.2) is 0 Å². The van der Waals surface area contributed by atoms with Gasteiger partial charge in [-0.05, 0) is 13.8 Å². The van der Waals surface area contributed by atoms with Crippen LogP contribution in [0.15, 0.2) is 0 Å². The molecule has 0 aliphatic carbocycles. The monoisotopic (exact) mass is 189 g/mol. The number of hydrogen-bond donors (Lipinski definition) is 1. The van der Waals surface area contributed by atoms with Gasteiger partial charge in [0.05, 0.1) is 13.2 Å². The van der Waals surface area contributed by atoms with Crippen molar-refractivity contribution in [2.24, 2.45) is 0 Å². The summed E-state index contributed by atoms with van der Waals surface area (Å²) in [6, 6.07) is 0.422. The zero-order valence-electron chi connectivity index (χ0n) is 7.90. The molecule has 76 valence electrons. The van der Waals surface area contributed by atoms with Crippen molar-refractivity contribution in [1.29, 1.82) is 0 Å². The second-order valence-corrected chi connectivity index (χ2v) is 3.29. The fourth-order valence-corrected chi connectivity index (χ4v) is 1.42. The van der Waals surface area contributed by atoms with E-state index in [2.05, 4.69) is 4.74 Å². The molecule has 13 heavy (non-hydrogen) atoms. The first-order valence-corrected chi connectivity index (χ1v) is 4.30. The molecule has 1 aliphatic rings. The number of carboxylic acid groups (broad SMARTS) is 1. The van der Waals surface area contributed by atoms with Crippen LogP contribution in [0.25, 0.3) is 0 Å². The number of nitrogens with zero attached hydrogens (tertiary/aromatic N) is 1. The van der Waals surface area contributed by atoms with Gasteiger partial charge in [-0.1, -0.05) is 0 Å². The minimum Gasteiger partial charge on any atom is -0.450 e. The molecule has 0 aromatic carbocycles. The molecule has 0 radical (unpaired) electrons. The van der Waals surface area contributed by atoms with Crippen LogP contribution in [0.5, 0.6) is 0 Å². The van der Waals surface area contributed by atoms with Crippen LogP contribution in [0.4, 0.5) is 4.79 Å². The van der Waals surface area contributed by atoms with E-state index in [4.69, 9.17) is 9.84 Å². The molecule has 0 unspecified atom stereocenters. The third-order valence-corrected chi connectivity index (χ3v) is 2.19. The lowest BCUT2D eigenvalue weighted by molar-refractivity contribution is -0.0805. The van der Waals surface area contributed by atoms with Crippen LogP contribution in [0.1, 0.15) is 13.8 Å². The molecular formula is C8H15NO4. The Hall–Kier alpha value is -0.810. The fourth-order valence-electron chi connectivity index (χ4n) is 1.42. The number of carbonyl (C=O) groups is 1. The van der Waals surface area contributed by atoms with Crippen molar-refractivity contribution in [2.75, 3.05) is 19.9 Å². The van der Waals surface area contributed by atoms with Crippen LogP contribution < -0.4 is 0 Å². The molecule has 0 spiro atoms. The summed E-state index contributed by atoms with van der Waals surface area (Å²) in [5, 5.41) is 8.34. The molecule has 1 saturated heterocycles. The second kappa shape index (κ2) is 4.43. The van der Waals surface area contributed by atoms with Gasteiger partial charge in [0.25, 0.3) is 0 Å². The van der Waals surface area contributed by atoms with Crippen LogP contribution >= 0.6 is 0 Å². The Balaban J connectivity index is 2.39. The summed E-state index contributed by atoms with van der Waals surface area (Å²) in [5.41, 5.74) is 0. The molecule has 0 saturated carbocycles. The number of morpholine rings is 1. The van der Waals surface area contributed by atoms with E-state index in [9.17, 15) is 4.79 Å². The molecule has 0 bridgehead atoms. The molecule has 5 nitrogen and oxygen atoms in total. The first-order valence-electron chi connectivity index (χ1n) is 4.30. The highest BCUT2D eigenvalue weighted by Gasteiger charge is 2.25. The SMILES string of the molecule is C[C@@H]1COC[C@H](C)N1COC(=O)O. The molecule has 5 heteroatoms. The summed E-state index contributed by atoms with van der Waals surface area (Å²) in [6.07, 6.45) is -1.23. The molecule has 1 aliphatic heterocycles. The van der Waals surface area contributed by atoms with E-state index in [1.54, 1.807) is 0 Å². The number of hydrogen-bond acceptors (Lipinski definition) is 4. The van der Waals surface area contributed by atoms with Crippen LogP contribution in [-0.2, 0) is 9.47 Å². The van der Waals surface area contributed by atoms with Crippen molar-refractivity contribution < 1.29 is 19.4 Å². The average Bonchev–Trinajstić information content (AvgIpc) is 2.03. The van der Waals surface area contributed by atoms with Crippen molar-refractivity contribution >= 4 is 6.16 Å². The molecule has 0 aromatic rings. The molecule has 1 rings (SSSR count). The summed E-state index contributed by atoms with van der Waals surface area (Å²) >= 11 is 0. The minimum atomic E-state index is -1.23. The Kier molecular flexibility index (Phi) is 3.50. The predicted octanol–water partition coefficient (Wildman–Crippen LogP) is 0.748. The zero-order chi connectivity index (χ0) is 9.84. The van der Waals surface area contributed by atoms with Crippen molar-refractivity contribution in [3.8, 4) is 0 Å². The maximum atomic E-state index is 10.2. The first kappa shape index (κ1) is 10.3. The average molecular weight is 189 g/mol. The summed E-state index contributed by atoms with van der Waals surface area (Å²) < 4.78 is 9.80. The Morgan fingerprint density at radius 3 is 2.54 bits per heavy atom. The van der Waals surface area contributed by atoms with Crippen LogP contribution in [-0.4, -0.2) is 48.2 Å². The molecule has 1 fully saturated rings. The van der Waals surface area contributed by atoms with Gasteiger partial charge in [-0.2, -0.15) is 0 Å². The van der Waals surface area contributed by atoms with E-state index in [-0.39, 0.29) is 18.8 Å². The largest absolute Gasteiger partial charge is 0.507 e. The molecule has 0 amide bonds. The molecule has 1 heterocycles. The van der Waals surface area contributed by atoms with Gasteiger partial charge in [0.1, 0.15) is 6.73 Å². The third-order valence-electron chi connectivity index (χ3n) is 2.19. The van der Waals surface area contributed by atoms with Crippen LogP contribution in [0.2, 0.25) is 0 Å². The van der Waals surface area contributed by atoms with E-state index in [1.807, 2.05) is 18.7 Å². The Bertz CT molecular complexity index is 175. The van der Waals surface area contributed by atoms with Gasteiger partial charge >= 0.3 is 6.16 Å². The Morgan fingerprint density at radius 2 is 2.08 bits per heavy atom. The Labute approximate surface area is 77.2 Å². The minimum absolute atomic E-state index is 0.126. The van der Waals surface area contributed by atoms with Crippen LogP contribution in [0, 0.1) is 0 Å². The quantitative estimate of drug-likeness (QED) is 0.649. The Morgan fingerprint density at radius 1 is 1.54 bits per heavy atom. The number of ether oxygens (including phenoxy) is 2. The highest BCUT2D eigenvalue weighted by atomic mass is 16.7. The van der Waals surface area contributed by atoms with Gasteiger partial charge in [-0.3, -0.25) is 4.90 Å². The highest BCUT2D eigenvalue weighted by Crippen LogP contribution is 2.12. The summed E-state index contributed by atoms with van der Waals surface area (Å²) in [4.78, 5) is 12.1. The van der Waals surface area contributed by atoms with E-state index < -0.39 is 6.16 Å². The molecule has 1 N–H and O–H groups in total. The van der Waals surface area contributed by atoms with E-state index >= 15 is 0 Å². The van der Waals surface area contributed by atoms with Gasteiger partial charge in [-0.25, -0.2) is 4.79 Å². The third kappa shape index (κ3) is 2.86. The van der Waals surface area contributed by atoms with Gasteiger partial charge < -0.3 is 14.6 Å². The molecule has 2 atom stereocenters. The molecular weight excluding hydrogens is 174 g/mol. The standard InChI is InChI=1S/C8H15NO4/c1-6-3-12-4-7(2)9(6)5-13-8(10)11/h6-7H,3-5H2,1-2H3,(H,10,11)/t6-,7+. The van der Waals surface area contributed by atoms with Crippen LogP contribution in [0.3, 0.4) is 0 Å². The topological polar surface area (TPSA) is 59.0 Å². The van der Waals surface area contributed by atoms with Gasteiger partial charge in [0.2, 0.25) is 0 Å². The summed E-state index contributed by atoms with van der Waals surface area (Å²) in [5.74, 6) is 0. The lowest BCUT2D eigenvalue weighted by Gasteiger charge is -2.37. The number of rotatable bonds is 2. The van der Waals surface area contributed by atoms with Crippen molar-refractivity contribution in [1.82, 2.24) is 4.90 Å². The van der Waals surface area contributed by atoms with Gasteiger partial charge in [0, 0.05) is 12.1 Å². The maximum absolute atomic E-state index is 10.2. The normalized spacial score (nSPS) is 30.0. The van der Waals surface area contributed by atoms with Crippen molar-refractivity contribution in [3.05, 3.63) is 0 Å². The van der Waals surface area contributed by atoms with Crippen molar-refractivity contribution in [3.63, 3.8) is 0 Å². The lowest BCUT2D eigenvalue weighted by atomic mass is 10.2. The van der Waals surface area contributed by atoms with E-state index in [0.717, 1.165) is 0 Å². The zero-order valence-corrected chi connectivity index (χ0v) is 7.90. The summed E-state index contributed by atoms with van der Waals surface area (Å²) in [7, 11) is 0. The smallest absolute Gasteiger partial charge is 0.450 e. The van der Waals surface area contributed by atoms with E-state index in [0.29, 0.717) is 13.2 Å². The summed E-state index contributed by atoms with van der Waals surface area (Å²) in [6.45, 7) is 5.36. The predicted molar refractivity (Wildman–Crippen MR) is 45.6 cm³/mol. The second-order valence-electron chi connectivity index (χ2n) is 3.29. The molecule has 0 aromatic heterocycles. The lowest BCUT2D eigenvalue weighted by Crippen LogP contribution is -2.50. The fraction of sp³-hybridized carbons (Fsp3) is 0.875. The van der Waals surface area contributed by atoms with Gasteiger partial charge in [-0.15, -0.1) is 0 Å². The van der Waals surface area contributed by atoms with Crippen molar-refractivity contribution in [2.45, 2.75) is 25.9 Å². The first-order chi connectivity index (χ1) is 6.11. The maximum Gasteiger partial charge on any atom is 0.507 e.